The van der Waals surface area contributed by atoms with Crippen molar-refractivity contribution >= 4 is 23.0 Å². The zero-order chi connectivity index (χ0) is 13.3. The molecule has 1 N–H and O–H groups in total. The molecule has 0 unspecified atom stereocenters. The van der Waals surface area contributed by atoms with Gasteiger partial charge in [0.1, 0.15) is 5.69 Å². The molecule has 1 aromatic carbocycles. The molecule has 6 heteroatoms. The molecule has 1 aromatic rings. The highest BCUT2D eigenvalue weighted by atomic mass is 35.5. The Labute approximate surface area is 111 Å². The maximum Gasteiger partial charge on any atom is 0.292 e. The fourth-order valence-corrected chi connectivity index (χ4v) is 2.50. The van der Waals surface area contributed by atoms with Crippen molar-refractivity contribution in [2.45, 2.75) is 19.9 Å². The zero-order valence-electron chi connectivity index (χ0n) is 10.4. The molecular formula is C12H16ClN3O2. The van der Waals surface area contributed by atoms with Crippen LogP contribution in [0.3, 0.4) is 0 Å². The maximum absolute atomic E-state index is 11.1. The van der Waals surface area contributed by atoms with E-state index in [0.717, 1.165) is 25.2 Å². The van der Waals surface area contributed by atoms with E-state index >= 15 is 0 Å². The van der Waals surface area contributed by atoms with Crippen molar-refractivity contribution in [3.63, 3.8) is 0 Å². The normalized spacial score (nSPS) is 19.9. The van der Waals surface area contributed by atoms with Gasteiger partial charge in [0.15, 0.2) is 0 Å². The number of rotatable bonds is 2. The first kappa shape index (κ1) is 13.1. The van der Waals surface area contributed by atoms with E-state index in [2.05, 4.69) is 12.2 Å². The summed E-state index contributed by atoms with van der Waals surface area (Å²) in [6, 6.07) is 3.39. The molecule has 1 aliphatic heterocycles. The number of nitrogens with zero attached hydrogens (tertiary/aromatic N) is 2. The van der Waals surface area contributed by atoms with Crippen LogP contribution in [0.2, 0.25) is 5.02 Å². The van der Waals surface area contributed by atoms with Gasteiger partial charge in [0.05, 0.1) is 4.92 Å². The van der Waals surface area contributed by atoms with Gasteiger partial charge < -0.3 is 10.2 Å². The first-order chi connectivity index (χ1) is 8.50. The molecule has 0 radical (unpaired) electrons. The fourth-order valence-electron chi connectivity index (χ4n) is 2.34. The van der Waals surface area contributed by atoms with Crippen molar-refractivity contribution in [3.8, 4) is 0 Å². The van der Waals surface area contributed by atoms with Gasteiger partial charge in [-0.3, -0.25) is 10.1 Å². The van der Waals surface area contributed by atoms with E-state index in [4.69, 9.17) is 11.6 Å². The second-order valence-electron chi connectivity index (χ2n) is 4.60. The van der Waals surface area contributed by atoms with E-state index in [9.17, 15) is 10.1 Å². The lowest BCUT2D eigenvalue weighted by Crippen LogP contribution is -2.49. The first-order valence-electron chi connectivity index (χ1n) is 5.92. The van der Waals surface area contributed by atoms with Crippen LogP contribution < -0.4 is 10.2 Å². The summed E-state index contributed by atoms with van der Waals surface area (Å²) in [5, 5.41) is 15.0. The number of halogens is 1. The van der Waals surface area contributed by atoms with Crippen molar-refractivity contribution in [2.24, 2.45) is 0 Å². The minimum atomic E-state index is -0.342. The molecule has 98 valence electrons. The summed E-state index contributed by atoms with van der Waals surface area (Å²) in [5.41, 5.74) is 1.56. The number of hydrogen-bond acceptors (Lipinski definition) is 4. The number of nitrogens with one attached hydrogen (secondary N) is 1. The molecule has 0 aromatic heterocycles. The number of nitro benzene ring substituents is 1. The van der Waals surface area contributed by atoms with Gasteiger partial charge in [-0.25, -0.2) is 0 Å². The Balaban J connectivity index is 2.46. The lowest BCUT2D eigenvalue weighted by Gasteiger charge is -2.34. The van der Waals surface area contributed by atoms with Gasteiger partial charge in [-0.15, -0.1) is 0 Å². The van der Waals surface area contributed by atoms with Crippen LogP contribution in [-0.2, 0) is 0 Å². The van der Waals surface area contributed by atoms with E-state index in [1.807, 2.05) is 11.8 Å². The minimum absolute atomic E-state index is 0.131. The molecule has 0 aliphatic carbocycles. The Bertz CT molecular complexity index is 479. The van der Waals surface area contributed by atoms with E-state index in [-0.39, 0.29) is 10.6 Å². The van der Waals surface area contributed by atoms with Crippen molar-refractivity contribution in [2.75, 3.05) is 24.5 Å². The summed E-state index contributed by atoms with van der Waals surface area (Å²) in [4.78, 5) is 12.8. The molecule has 1 atom stereocenters. The summed E-state index contributed by atoms with van der Waals surface area (Å²) in [6.07, 6.45) is 0. The van der Waals surface area contributed by atoms with Crippen molar-refractivity contribution in [1.29, 1.82) is 0 Å². The predicted octanol–water partition coefficient (Wildman–Crippen LogP) is 2.35. The summed E-state index contributed by atoms with van der Waals surface area (Å²) in [6.45, 7) is 6.23. The van der Waals surface area contributed by atoms with Crippen LogP contribution in [0.1, 0.15) is 12.5 Å². The lowest BCUT2D eigenvalue weighted by atomic mass is 10.1. The smallest absolute Gasteiger partial charge is 0.292 e. The van der Waals surface area contributed by atoms with Gasteiger partial charge in [-0.2, -0.15) is 0 Å². The average molecular weight is 270 g/mol. The van der Waals surface area contributed by atoms with Crippen molar-refractivity contribution < 1.29 is 4.92 Å². The van der Waals surface area contributed by atoms with Crippen LogP contribution in [0.4, 0.5) is 11.4 Å². The lowest BCUT2D eigenvalue weighted by molar-refractivity contribution is -0.384. The number of nitro groups is 1. The Morgan fingerprint density at radius 2 is 2.28 bits per heavy atom. The third-order valence-corrected chi connectivity index (χ3v) is 3.63. The number of anilines is 1. The summed E-state index contributed by atoms with van der Waals surface area (Å²) in [7, 11) is 0. The second kappa shape index (κ2) is 5.12. The summed E-state index contributed by atoms with van der Waals surface area (Å²) >= 11 is 6.08. The molecule has 1 heterocycles. The molecule has 5 nitrogen and oxygen atoms in total. The fraction of sp³-hybridized carbons (Fsp3) is 0.500. The summed E-state index contributed by atoms with van der Waals surface area (Å²) < 4.78 is 0. The van der Waals surface area contributed by atoms with Crippen LogP contribution >= 0.6 is 11.6 Å². The van der Waals surface area contributed by atoms with Crippen LogP contribution in [-0.4, -0.2) is 30.6 Å². The SMILES string of the molecule is Cc1c(Cl)ccc([N+](=O)[O-])c1N1CCN[C@@H](C)C1. The Hall–Kier alpha value is -1.33. The van der Waals surface area contributed by atoms with Gasteiger partial charge in [-0.05, 0) is 25.5 Å². The van der Waals surface area contributed by atoms with Gasteiger partial charge in [0.2, 0.25) is 0 Å². The highest BCUT2D eigenvalue weighted by Gasteiger charge is 2.26. The van der Waals surface area contributed by atoms with Crippen LogP contribution in [0.15, 0.2) is 12.1 Å². The molecule has 2 rings (SSSR count). The van der Waals surface area contributed by atoms with Crippen LogP contribution in [0.5, 0.6) is 0 Å². The predicted molar refractivity (Wildman–Crippen MR) is 72.5 cm³/mol. The van der Waals surface area contributed by atoms with Crippen LogP contribution in [0, 0.1) is 17.0 Å². The van der Waals surface area contributed by atoms with Gasteiger partial charge in [0.25, 0.3) is 5.69 Å². The quantitative estimate of drug-likeness (QED) is 0.661. The standard InChI is InChI=1S/C12H16ClN3O2/c1-8-7-15(6-5-14-8)12-9(2)10(13)3-4-11(12)16(17)18/h3-4,8,14H,5-7H2,1-2H3/t8-/m0/s1. The Kier molecular flexibility index (Phi) is 3.73. The van der Waals surface area contributed by atoms with Crippen molar-refractivity contribution in [1.82, 2.24) is 5.32 Å². The highest BCUT2D eigenvalue weighted by molar-refractivity contribution is 6.31. The Morgan fingerprint density at radius 1 is 1.56 bits per heavy atom. The first-order valence-corrected chi connectivity index (χ1v) is 6.30. The van der Waals surface area contributed by atoms with Crippen LogP contribution in [0.25, 0.3) is 0 Å². The highest BCUT2D eigenvalue weighted by Crippen LogP contribution is 2.36. The van der Waals surface area contributed by atoms with E-state index in [1.54, 1.807) is 6.07 Å². The van der Waals surface area contributed by atoms with E-state index < -0.39 is 0 Å². The second-order valence-corrected chi connectivity index (χ2v) is 5.01. The van der Waals surface area contributed by atoms with E-state index in [1.165, 1.54) is 6.07 Å². The van der Waals surface area contributed by atoms with Crippen molar-refractivity contribution in [3.05, 3.63) is 32.8 Å². The molecule has 18 heavy (non-hydrogen) atoms. The zero-order valence-corrected chi connectivity index (χ0v) is 11.2. The molecule has 1 fully saturated rings. The van der Waals surface area contributed by atoms with Gasteiger partial charge >= 0.3 is 0 Å². The largest absolute Gasteiger partial charge is 0.363 e. The third-order valence-electron chi connectivity index (χ3n) is 3.23. The topological polar surface area (TPSA) is 58.4 Å². The number of hydrogen-bond donors (Lipinski definition) is 1. The molecule has 0 bridgehead atoms. The molecule has 0 saturated carbocycles. The molecule has 0 spiro atoms. The minimum Gasteiger partial charge on any atom is -0.363 e. The summed E-state index contributed by atoms with van der Waals surface area (Å²) in [5.74, 6) is 0. The van der Waals surface area contributed by atoms with Gasteiger partial charge in [-0.1, -0.05) is 11.6 Å². The maximum atomic E-state index is 11.1. The Morgan fingerprint density at radius 3 is 2.89 bits per heavy atom. The molecule has 0 amide bonds. The molecule has 1 saturated heterocycles. The number of benzene rings is 1. The monoisotopic (exact) mass is 269 g/mol. The van der Waals surface area contributed by atoms with Gasteiger partial charge in [0, 0.05) is 36.8 Å². The molecule has 1 aliphatic rings. The third kappa shape index (κ3) is 2.42. The number of piperazine rings is 1. The molecular weight excluding hydrogens is 254 g/mol. The van der Waals surface area contributed by atoms with E-state index in [0.29, 0.717) is 16.8 Å². The average Bonchev–Trinajstić information content (AvgIpc) is 2.32.